The maximum Gasteiger partial charge on any atom is 0.0722 e. The molecular weight excluding hydrogens is 342 g/mol. The molecule has 0 spiro atoms. The molecule has 2 aromatic carbocycles. The minimum Gasteiger partial charge on any atom is -0.545 e. The van der Waals surface area contributed by atoms with Gasteiger partial charge in [0.2, 0.25) is 0 Å². The van der Waals surface area contributed by atoms with Crippen LogP contribution in [0.25, 0.3) is 23.1 Å². The van der Waals surface area contributed by atoms with E-state index in [9.17, 15) is 9.90 Å². The van der Waals surface area contributed by atoms with Gasteiger partial charge in [0.1, 0.15) is 0 Å². The number of carboxylic acids is 1. The molecule has 108 valence electrons. The van der Waals surface area contributed by atoms with E-state index >= 15 is 0 Å². The fraction of sp³-hybridized carbons (Fsp3) is 0. The third-order valence-corrected chi connectivity index (χ3v) is 3.74. The Morgan fingerprint density at radius 1 is 1.05 bits per heavy atom. The Morgan fingerprint density at radius 3 is 2.64 bits per heavy atom. The topological polar surface area (TPSA) is 53.0 Å². The lowest BCUT2D eigenvalue weighted by Gasteiger charge is -2.08. The van der Waals surface area contributed by atoms with Gasteiger partial charge in [-0.1, -0.05) is 52.3 Å². The summed E-state index contributed by atoms with van der Waals surface area (Å²) in [5.41, 5.74) is 2.37. The Kier molecular flexibility index (Phi) is 4.02. The highest BCUT2D eigenvalue weighted by molar-refractivity contribution is 9.10. The molecule has 22 heavy (non-hydrogen) atoms. The van der Waals surface area contributed by atoms with Crippen molar-refractivity contribution in [2.24, 2.45) is 0 Å². The number of carboxylic acid groups (broad SMARTS) is 1. The van der Waals surface area contributed by atoms with Crippen LogP contribution in [0.15, 0.2) is 59.1 Å². The lowest BCUT2D eigenvalue weighted by Crippen LogP contribution is -2.22. The Labute approximate surface area is 136 Å². The first-order valence-corrected chi connectivity index (χ1v) is 7.47. The van der Waals surface area contributed by atoms with Crippen molar-refractivity contribution < 1.29 is 9.90 Å². The maximum absolute atomic E-state index is 11.3. The third-order valence-electron chi connectivity index (χ3n) is 3.25. The molecular formula is C18H11BrNO2-. The molecule has 0 aliphatic carbocycles. The number of pyridine rings is 1. The van der Waals surface area contributed by atoms with Crippen LogP contribution in [0.4, 0.5) is 0 Å². The van der Waals surface area contributed by atoms with Crippen LogP contribution in [0.2, 0.25) is 0 Å². The third kappa shape index (κ3) is 3.07. The van der Waals surface area contributed by atoms with Crippen LogP contribution >= 0.6 is 15.9 Å². The standard InChI is InChI=1S/C18H12BrNO2/c19-13-5-3-4-12(10-13)8-9-14-11-16(18(21)22)15-6-1-2-7-17(15)20-14/h1-11H,(H,21,22)/p-1/b9-8+. The summed E-state index contributed by atoms with van der Waals surface area (Å²) in [7, 11) is 0. The highest BCUT2D eigenvalue weighted by Gasteiger charge is 2.04. The number of para-hydroxylation sites is 1. The number of aromatic nitrogens is 1. The number of fused-ring (bicyclic) bond motifs is 1. The number of hydrogen-bond acceptors (Lipinski definition) is 3. The van der Waals surface area contributed by atoms with Crippen molar-refractivity contribution >= 4 is 45.0 Å². The normalized spacial score (nSPS) is 11.1. The lowest BCUT2D eigenvalue weighted by molar-refractivity contribution is -0.254. The van der Waals surface area contributed by atoms with Crippen LogP contribution in [0, 0.1) is 0 Å². The molecule has 3 aromatic rings. The van der Waals surface area contributed by atoms with Gasteiger partial charge in [0.15, 0.2) is 0 Å². The average molecular weight is 353 g/mol. The van der Waals surface area contributed by atoms with Crippen LogP contribution in [0.1, 0.15) is 21.6 Å². The van der Waals surface area contributed by atoms with E-state index in [1.54, 1.807) is 24.3 Å². The summed E-state index contributed by atoms with van der Waals surface area (Å²) in [5.74, 6) is -1.20. The Morgan fingerprint density at radius 2 is 1.86 bits per heavy atom. The fourth-order valence-corrected chi connectivity index (χ4v) is 2.66. The summed E-state index contributed by atoms with van der Waals surface area (Å²) in [6.45, 7) is 0. The Balaban J connectivity index is 2.06. The van der Waals surface area contributed by atoms with E-state index in [1.165, 1.54) is 6.07 Å². The van der Waals surface area contributed by atoms with E-state index in [0.717, 1.165) is 10.0 Å². The predicted molar refractivity (Wildman–Crippen MR) is 89.1 cm³/mol. The first-order chi connectivity index (χ1) is 10.6. The molecule has 0 unspecified atom stereocenters. The molecule has 0 radical (unpaired) electrons. The van der Waals surface area contributed by atoms with Crippen molar-refractivity contribution in [2.45, 2.75) is 0 Å². The minimum atomic E-state index is -1.20. The van der Waals surface area contributed by atoms with Crippen molar-refractivity contribution in [1.29, 1.82) is 0 Å². The van der Waals surface area contributed by atoms with Gasteiger partial charge in [-0.15, -0.1) is 0 Å². The summed E-state index contributed by atoms with van der Waals surface area (Å²) in [5, 5.41) is 11.9. The molecule has 3 rings (SSSR count). The molecule has 0 amide bonds. The van der Waals surface area contributed by atoms with Crippen molar-refractivity contribution in [1.82, 2.24) is 4.98 Å². The van der Waals surface area contributed by atoms with Crippen molar-refractivity contribution in [3.8, 4) is 0 Å². The second-order valence-corrected chi connectivity index (χ2v) is 5.70. The van der Waals surface area contributed by atoms with Gasteiger partial charge < -0.3 is 9.90 Å². The number of nitrogens with zero attached hydrogens (tertiary/aromatic N) is 1. The SMILES string of the molecule is O=C([O-])c1cc(/C=C/c2cccc(Br)c2)nc2ccccc12. The van der Waals surface area contributed by atoms with Crippen LogP contribution in [0.3, 0.4) is 0 Å². The minimum absolute atomic E-state index is 0.152. The van der Waals surface area contributed by atoms with Gasteiger partial charge in [-0.3, -0.25) is 0 Å². The molecule has 0 aliphatic heterocycles. The number of aromatic carboxylic acids is 1. The molecule has 0 fully saturated rings. The Bertz CT molecular complexity index is 887. The quantitative estimate of drug-likeness (QED) is 0.724. The molecule has 3 nitrogen and oxygen atoms in total. The van der Waals surface area contributed by atoms with Crippen LogP contribution < -0.4 is 5.11 Å². The van der Waals surface area contributed by atoms with Gasteiger partial charge in [-0.05, 0) is 35.9 Å². The number of rotatable bonds is 3. The first-order valence-electron chi connectivity index (χ1n) is 6.68. The molecule has 1 heterocycles. The highest BCUT2D eigenvalue weighted by Crippen LogP contribution is 2.20. The second-order valence-electron chi connectivity index (χ2n) is 4.79. The zero-order valence-corrected chi connectivity index (χ0v) is 13.1. The number of hydrogen-bond donors (Lipinski definition) is 0. The number of carbonyl (C=O) groups excluding carboxylic acids is 1. The molecule has 0 N–H and O–H groups in total. The molecule has 0 bridgehead atoms. The zero-order chi connectivity index (χ0) is 15.5. The van der Waals surface area contributed by atoms with Crippen LogP contribution in [-0.4, -0.2) is 11.0 Å². The number of halogens is 1. The molecule has 0 saturated carbocycles. The van der Waals surface area contributed by atoms with Gasteiger partial charge >= 0.3 is 0 Å². The first kappa shape index (κ1) is 14.5. The van der Waals surface area contributed by atoms with Crippen molar-refractivity contribution in [3.63, 3.8) is 0 Å². The van der Waals surface area contributed by atoms with E-state index in [4.69, 9.17) is 0 Å². The molecule has 0 atom stereocenters. The van der Waals surface area contributed by atoms with Crippen LogP contribution in [-0.2, 0) is 0 Å². The summed E-state index contributed by atoms with van der Waals surface area (Å²) < 4.78 is 0.983. The van der Waals surface area contributed by atoms with Crippen LogP contribution in [0.5, 0.6) is 0 Å². The molecule has 0 saturated heterocycles. The van der Waals surface area contributed by atoms with Gasteiger partial charge in [0, 0.05) is 15.4 Å². The smallest absolute Gasteiger partial charge is 0.0722 e. The van der Waals surface area contributed by atoms with E-state index < -0.39 is 5.97 Å². The summed E-state index contributed by atoms with van der Waals surface area (Å²) in [6, 6.07) is 16.5. The fourth-order valence-electron chi connectivity index (χ4n) is 2.24. The van der Waals surface area contributed by atoms with E-state index in [1.807, 2.05) is 36.4 Å². The summed E-state index contributed by atoms with van der Waals surface area (Å²) >= 11 is 3.42. The highest BCUT2D eigenvalue weighted by atomic mass is 79.9. The summed E-state index contributed by atoms with van der Waals surface area (Å²) in [4.78, 5) is 15.8. The summed E-state index contributed by atoms with van der Waals surface area (Å²) in [6.07, 6.45) is 3.68. The predicted octanol–water partition coefficient (Wildman–Crippen LogP) is 3.53. The van der Waals surface area contributed by atoms with E-state index in [2.05, 4.69) is 20.9 Å². The maximum atomic E-state index is 11.3. The Hall–Kier alpha value is -2.46. The zero-order valence-electron chi connectivity index (χ0n) is 11.5. The monoisotopic (exact) mass is 352 g/mol. The van der Waals surface area contributed by atoms with Gasteiger partial charge in [-0.2, -0.15) is 0 Å². The second kappa shape index (κ2) is 6.12. The lowest BCUT2D eigenvalue weighted by atomic mass is 10.1. The molecule has 1 aromatic heterocycles. The van der Waals surface area contributed by atoms with E-state index in [0.29, 0.717) is 16.6 Å². The molecule has 0 aliphatic rings. The van der Waals surface area contributed by atoms with Crippen molar-refractivity contribution in [3.05, 3.63) is 75.9 Å². The number of carbonyl (C=O) groups is 1. The number of benzene rings is 2. The van der Waals surface area contributed by atoms with E-state index in [-0.39, 0.29) is 5.56 Å². The van der Waals surface area contributed by atoms with Gasteiger partial charge in [0.05, 0.1) is 17.2 Å². The largest absolute Gasteiger partial charge is 0.545 e. The molecule has 4 heteroatoms. The van der Waals surface area contributed by atoms with Gasteiger partial charge in [-0.25, -0.2) is 4.98 Å². The van der Waals surface area contributed by atoms with Crippen molar-refractivity contribution in [2.75, 3.05) is 0 Å². The average Bonchev–Trinajstić information content (AvgIpc) is 2.52. The van der Waals surface area contributed by atoms with Gasteiger partial charge in [0.25, 0.3) is 0 Å².